The SMILES string of the molecule is CC(C)CC(NC(=O)C1COC(CNC(=O)OCC2c3ccccc3-c3ccccc32)C1)C(=O)O. The summed E-state index contributed by atoms with van der Waals surface area (Å²) in [5, 5.41) is 14.7. The smallest absolute Gasteiger partial charge is 0.407 e. The van der Waals surface area contributed by atoms with Crippen LogP contribution in [0.2, 0.25) is 0 Å². The number of carbonyl (C=O) groups is 3. The Hall–Kier alpha value is -3.39. The summed E-state index contributed by atoms with van der Waals surface area (Å²) in [5.41, 5.74) is 4.62. The van der Waals surface area contributed by atoms with E-state index >= 15 is 0 Å². The van der Waals surface area contributed by atoms with E-state index in [4.69, 9.17) is 9.47 Å². The van der Waals surface area contributed by atoms with Crippen LogP contribution in [-0.4, -0.2) is 55.0 Å². The van der Waals surface area contributed by atoms with Gasteiger partial charge in [0.2, 0.25) is 5.91 Å². The number of hydrogen-bond donors (Lipinski definition) is 3. The molecule has 1 aliphatic carbocycles. The van der Waals surface area contributed by atoms with Crippen LogP contribution in [-0.2, 0) is 19.1 Å². The zero-order valence-corrected chi connectivity index (χ0v) is 20.0. The van der Waals surface area contributed by atoms with Gasteiger partial charge in [-0.05, 0) is 41.0 Å². The molecule has 8 nitrogen and oxygen atoms in total. The van der Waals surface area contributed by atoms with Gasteiger partial charge in [-0.2, -0.15) is 0 Å². The Bertz CT molecular complexity index is 1040. The Morgan fingerprint density at radius 3 is 2.29 bits per heavy atom. The molecule has 2 aromatic rings. The molecule has 1 fully saturated rings. The first-order chi connectivity index (χ1) is 16.8. The fourth-order valence-corrected chi connectivity index (χ4v) is 4.86. The van der Waals surface area contributed by atoms with E-state index < -0.39 is 24.0 Å². The first-order valence-corrected chi connectivity index (χ1v) is 12.1. The first kappa shape index (κ1) is 24.7. The van der Waals surface area contributed by atoms with Crippen molar-refractivity contribution in [3.8, 4) is 11.1 Å². The largest absolute Gasteiger partial charge is 0.480 e. The molecule has 0 spiro atoms. The lowest BCUT2D eigenvalue weighted by molar-refractivity contribution is -0.143. The van der Waals surface area contributed by atoms with Gasteiger partial charge >= 0.3 is 12.1 Å². The molecule has 1 aliphatic heterocycles. The van der Waals surface area contributed by atoms with Gasteiger partial charge in [0, 0.05) is 12.5 Å². The fraction of sp³-hybridized carbons (Fsp3) is 0.444. The lowest BCUT2D eigenvalue weighted by atomic mass is 9.98. The molecule has 3 unspecified atom stereocenters. The van der Waals surface area contributed by atoms with Gasteiger partial charge in [0.15, 0.2) is 0 Å². The van der Waals surface area contributed by atoms with Crippen LogP contribution in [0.4, 0.5) is 4.79 Å². The number of carboxylic acids is 1. The minimum Gasteiger partial charge on any atom is -0.480 e. The predicted octanol–water partition coefficient (Wildman–Crippen LogP) is 3.55. The van der Waals surface area contributed by atoms with Crippen LogP contribution in [0.3, 0.4) is 0 Å². The fourth-order valence-electron chi connectivity index (χ4n) is 4.86. The molecule has 0 radical (unpaired) electrons. The second kappa shape index (κ2) is 10.9. The highest BCUT2D eigenvalue weighted by Gasteiger charge is 2.34. The van der Waals surface area contributed by atoms with Crippen molar-refractivity contribution in [3.63, 3.8) is 0 Å². The van der Waals surface area contributed by atoms with E-state index in [0.717, 1.165) is 11.1 Å². The zero-order valence-electron chi connectivity index (χ0n) is 20.0. The molecule has 1 saturated heterocycles. The number of benzene rings is 2. The van der Waals surface area contributed by atoms with Gasteiger partial charge < -0.3 is 25.2 Å². The molecule has 35 heavy (non-hydrogen) atoms. The molecule has 3 N–H and O–H groups in total. The Morgan fingerprint density at radius 1 is 1.06 bits per heavy atom. The van der Waals surface area contributed by atoms with Gasteiger partial charge in [0.1, 0.15) is 12.6 Å². The molecule has 3 atom stereocenters. The highest BCUT2D eigenvalue weighted by molar-refractivity contribution is 5.85. The third-order valence-corrected chi connectivity index (χ3v) is 6.59. The van der Waals surface area contributed by atoms with Crippen molar-refractivity contribution in [2.24, 2.45) is 11.8 Å². The van der Waals surface area contributed by atoms with E-state index in [2.05, 4.69) is 34.9 Å². The predicted molar refractivity (Wildman–Crippen MR) is 130 cm³/mol. The van der Waals surface area contributed by atoms with E-state index in [1.807, 2.05) is 38.1 Å². The molecular formula is C27H32N2O6. The van der Waals surface area contributed by atoms with Crippen molar-refractivity contribution in [2.75, 3.05) is 19.8 Å². The normalized spacial score (nSPS) is 19.6. The second-order valence-corrected chi connectivity index (χ2v) is 9.62. The molecule has 0 aromatic heterocycles. The molecule has 4 rings (SSSR count). The molecule has 2 amide bonds. The Morgan fingerprint density at radius 2 is 1.69 bits per heavy atom. The monoisotopic (exact) mass is 480 g/mol. The lowest BCUT2D eigenvalue weighted by Crippen LogP contribution is -2.44. The molecule has 8 heteroatoms. The Labute approximate surface area is 205 Å². The minimum absolute atomic E-state index is 0.0167. The van der Waals surface area contributed by atoms with Crippen LogP contribution in [0.1, 0.15) is 43.7 Å². The van der Waals surface area contributed by atoms with E-state index in [9.17, 15) is 19.5 Å². The summed E-state index contributed by atoms with van der Waals surface area (Å²) >= 11 is 0. The quantitative estimate of drug-likeness (QED) is 0.506. The van der Waals surface area contributed by atoms with Gasteiger partial charge in [0.05, 0.1) is 18.6 Å². The zero-order chi connectivity index (χ0) is 24.9. The maximum absolute atomic E-state index is 12.5. The molecule has 0 bridgehead atoms. The van der Waals surface area contributed by atoms with Crippen molar-refractivity contribution in [1.29, 1.82) is 0 Å². The van der Waals surface area contributed by atoms with Gasteiger partial charge in [-0.15, -0.1) is 0 Å². The number of rotatable bonds is 9. The number of fused-ring (bicyclic) bond motifs is 3. The van der Waals surface area contributed by atoms with E-state index in [0.29, 0.717) is 12.8 Å². The van der Waals surface area contributed by atoms with E-state index in [1.54, 1.807) is 0 Å². The Kier molecular flexibility index (Phi) is 7.70. The van der Waals surface area contributed by atoms with Gasteiger partial charge in [-0.3, -0.25) is 4.79 Å². The van der Waals surface area contributed by atoms with Crippen molar-refractivity contribution in [2.45, 2.75) is 44.8 Å². The highest BCUT2D eigenvalue weighted by Crippen LogP contribution is 2.44. The standard InChI is InChI=1S/C27H32N2O6/c1-16(2)11-24(26(31)32)29-25(30)17-12-18(34-14-17)13-28-27(33)35-15-23-21-9-5-3-7-19(21)20-8-4-6-10-22(20)23/h3-10,16-18,23-24H,11-15H2,1-2H3,(H,28,33)(H,29,30)(H,31,32). The lowest BCUT2D eigenvalue weighted by Gasteiger charge is -2.18. The topological polar surface area (TPSA) is 114 Å². The second-order valence-electron chi connectivity index (χ2n) is 9.62. The molecule has 2 aromatic carbocycles. The summed E-state index contributed by atoms with van der Waals surface area (Å²) in [6.07, 6.45) is -0.101. The molecule has 1 heterocycles. The average molecular weight is 481 g/mol. The van der Waals surface area contributed by atoms with Gasteiger partial charge in [0.25, 0.3) is 0 Å². The van der Waals surface area contributed by atoms with Gasteiger partial charge in [-0.1, -0.05) is 62.4 Å². The first-order valence-electron chi connectivity index (χ1n) is 12.1. The maximum Gasteiger partial charge on any atom is 0.407 e. The summed E-state index contributed by atoms with van der Waals surface area (Å²) in [6, 6.07) is 15.4. The van der Waals surface area contributed by atoms with E-state index in [-0.39, 0.29) is 43.6 Å². The van der Waals surface area contributed by atoms with E-state index in [1.165, 1.54) is 11.1 Å². The number of aliphatic carboxylic acids is 1. The number of carboxylic acid groups (broad SMARTS) is 1. The number of alkyl carbamates (subject to hydrolysis) is 1. The summed E-state index contributed by atoms with van der Waals surface area (Å²) in [6.45, 7) is 4.45. The van der Waals surface area contributed by atoms with Crippen molar-refractivity contribution >= 4 is 18.0 Å². The van der Waals surface area contributed by atoms with Crippen molar-refractivity contribution in [3.05, 3.63) is 59.7 Å². The van der Waals surface area contributed by atoms with Crippen LogP contribution < -0.4 is 10.6 Å². The number of ether oxygens (including phenoxy) is 2. The van der Waals surface area contributed by atoms with Crippen LogP contribution in [0, 0.1) is 11.8 Å². The molecular weight excluding hydrogens is 448 g/mol. The van der Waals surface area contributed by atoms with Crippen molar-refractivity contribution in [1.82, 2.24) is 10.6 Å². The maximum atomic E-state index is 12.5. The summed E-state index contributed by atoms with van der Waals surface area (Å²) < 4.78 is 11.2. The number of nitrogens with one attached hydrogen (secondary N) is 2. The summed E-state index contributed by atoms with van der Waals surface area (Å²) in [7, 11) is 0. The summed E-state index contributed by atoms with van der Waals surface area (Å²) in [4.78, 5) is 36.3. The molecule has 2 aliphatic rings. The van der Waals surface area contributed by atoms with Crippen LogP contribution >= 0.6 is 0 Å². The van der Waals surface area contributed by atoms with Crippen molar-refractivity contribution < 1.29 is 29.0 Å². The minimum atomic E-state index is -1.04. The highest BCUT2D eigenvalue weighted by atomic mass is 16.5. The average Bonchev–Trinajstić information content (AvgIpc) is 3.44. The summed E-state index contributed by atoms with van der Waals surface area (Å²) in [5.74, 6) is -1.69. The number of amides is 2. The third kappa shape index (κ3) is 5.82. The van der Waals surface area contributed by atoms with Crippen LogP contribution in [0.5, 0.6) is 0 Å². The number of carbonyl (C=O) groups excluding carboxylic acids is 2. The van der Waals surface area contributed by atoms with Gasteiger partial charge in [-0.25, -0.2) is 9.59 Å². The van der Waals surface area contributed by atoms with Crippen LogP contribution in [0.15, 0.2) is 48.5 Å². The third-order valence-electron chi connectivity index (χ3n) is 6.59. The Balaban J connectivity index is 1.24. The van der Waals surface area contributed by atoms with Crippen LogP contribution in [0.25, 0.3) is 11.1 Å². The molecule has 186 valence electrons. The number of hydrogen-bond acceptors (Lipinski definition) is 5. The molecule has 0 saturated carbocycles.